The normalized spacial score (nSPS) is 10.7. The molecule has 0 spiro atoms. The first kappa shape index (κ1) is 23.5. The van der Waals surface area contributed by atoms with Crippen molar-refractivity contribution < 1.29 is 14.3 Å². The number of anilines is 1. The zero-order chi connectivity index (χ0) is 24.2. The van der Waals surface area contributed by atoms with Gasteiger partial charge >= 0.3 is 5.97 Å². The van der Waals surface area contributed by atoms with Crippen molar-refractivity contribution in [1.29, 1.82) is 0 Å². The monoisotopic (exact) mass is 494 g/mol. The number of nitrogens with one attached hydrogen (secondary N) is 1. The van der Waals surface area contributed by atoms with E-state index in [9.17, 15) is 9.59 Å². The van der Waals surface area contributed by atoms with Gasteiger partial charge in [-0.3, -0.25) is 4.79 Å². The van der Waals surface area contributed by atoms with E-state index in [1.54, 1.807) is 35.9 Å². The van der Waals surface area contributed by atoms with Crippen LogP contribution in [-0.4, -0.2) is 33.2 Å². The summed E-state index contributed by atoms with van der Waals surface area (Å²) in [6.07, 6.45) is 1.37. The molecule has 172 valence electrons. The molecule has 0 atom stereocenters. The summed E-state index contributed by atoms with van der Waals surface area (Å²) in [6, 6.07) is 18.0. The fourth-order valence-corrected chi connectivity index (χ4v) is 3.76. The number of nitrogens with zero attached hydrogens (tertiary/aromatic N) is 3. The maximum atomic E-state index is 12.8. The highest BCUT2D eigenvalue weighted by atomic mass is 35.5. The van der Waals surface area contributed by atoms with E-state index in [-0.39, 0.29) is 23.0 Å². The van der Waals surface area contributed by atoms with Crippen molar-refractivity contribution in [3.63, 3.8) is 0 Å². The number of halogens is 2. The predicted octanol–water partition coefficient (Wildman–Crippen LogP) is 5.98. The minimum Gasteiger partial charge on any atom is -0.461 e. The van der Waals surface area contributed by atoms with Gasteiger partial charge in [-0.15, -0.1) is 0 Å². The molecule has 0 aliphatic heterocycles. The lowest BCUT2D eigenvalue weighted by molar-refractivity contribution is 0.0519. The smallest absolute Gasteiger partial charge is 0.358 e. The lowest BCUT2D eigenvalue weighted by Crippen LogP contribution is -2.13. The van der Waals surface area contributed by atoms with Crippen molar-refractivity contribution in [3.8, 4) is 16.9 Å². The molecular formula is C25H20Cl2N4O3. The molecule has 7 nitrogen and oxygen atoms in total. The number of rotatable bonds is 6. The highest BCUT2D eigenvalue weighted by Crippen LogP contribution is 2.28. The van der Waals surface area contributed by atoms with Crippen LogP contribution >= 0.6 is 23.2 Å². The molecule has 0 radical (unpaired) electrons. The Morgan fingerprint density at radius 3 is 2.62 bits per heavy atom. The Labute approximate surface area is 206 Å². The highest BCUT2D eigenvalue weighted by molar-refractivity contribution is 6.35. The van der Waals surface area contributed by atoms with Gasteiger partial charge in [0.15, 0.2) is 5.69 Å². The molecule has 34 heavy (non-hydrogen) atoms. The molecule has 0 unspecified atom stereocenters. The fourth-order valence-electron chi connectivity index (χ4n) is 3.41. The average molecular weight is 495 g/mol. The van der Waals surface area contributed by atoms with Gasteiger partial charge in [-0.1, -0.05) is 53.5 Å². The zero-order valence-corrected chi connectivity index (χ0v) is 19.9. The van der Waals surface area contributed by atoms with Crippen LogP contribution in [0, 0.1) is 6.92 Å². The van der Waals surface area contributed by atoms with Crippen LogP contribution in [0.1, 0.15) is 33.3 Å². The first-order chi connectivity index (χ1) is 16.4. The summed E-state index contributed by atoms with van der Waals surface area (Å²) in [5, 5.41) is 7.68. The Morgan fingerprint density at radius 2 is 1.85 bits per heavy atom. The molecule has 0 aliphatic carbocycles. The molecule has 9 heteroatoms. The van der Waals surface area contributed by atoms with E-state index < -0.39 is 11.9 Å². The van der Waals surface area contributed by atoms with Crippen molar-refractivity contribution in [3.05, 3.63) is 93.9 Å². The number of carbonyl (C=O) groups excluding carboxylic acids is 2. The van der Waals surface area contributed by atoms with Gasteiger partial charge in [0.05, 0.1) is 28.6 Å². The third-order valence-electron chi connectivity index (χ3n) is 5.00. The van der Waals surface area contributed by atoms with E-state index in [2.05, 4.69) is 15.4 Å². The van der Waals surface area contributed by atoms with Crippen molar-refractivity contribution >= 4 is 40.8 Å². The van der Waals surface area contributed by atoms with Crippen LogP contribution in [0.3, 0.4) is 0 Å². The van der Waals surface area contributed by atoms with Gasteiger partial charge in [0.2, 0.25) is 0 Å². The van der Waals surface area contributed by atoms with Crippen LogP contribution in [0.4, 0.5) is 5.69 Å². The minimum atomic E-state index is -0.511. The van der Waals surface area contributed by atoms with E-state index >= 15 is 0 Å². The van der Waals surface area contributed by atoms with Crippen LogP contribution in [0.5, 0.6) is 0 Å². The number of carbonyl (C=O) groups is 2. The molecule has 0 bridgehead atoms. The number of aromatic nitrogens is 3. The molecule has 1 N–H and O–H groups in total. The summed E-state index contributed by atoms with van der Waals surface area (Å²) in [7, 11) is 0. The lowest BCUT2D eigenvalue weighted by atomic mass is 10.1. The first-order valence-corrected chi connectivity index (χ1v) is 11.2. The molecule has 0 saturated carbocycles. The van der Waals surface area contributed by atoms with E-state index in [4.69, 9.17) is 27.9 Å². The van der Waals surface area contributed by atoms with Crippen LogP contribution in [0.15, 0.2) is 66.9 Å². The molecular weight excluding hydrogens is 475 g/mol. The summed E-state index contributed by atoms with van der Waals surface area (Å²) in [5.74, 6) is -0.958. The minimum absolute atomic E-state index is 0.0507. The molecule has 0 saturated heterocycles. The Bertz CT molecular complexity index is 1380. The number of pyridine rings is 1. The van der Waals surface area contributed by atoms with Crippen molar-refractivity contribution in [2.75, 3.05) is 11.9 Å². The molecule has 4 aromatic rings. The Kier molecular flexibility index (Phi) is 6.95. The Balaban J connectivity index is 1.74. The zero-order valence-electron chi connectivity index (χ0n) is 18.4. The van der Waals surface area contributed by atoms with Crippen molar-refractivity contribution in [2.24, 2.45) is 0 Å². The Morgan fingerprint density at radius 1 is 1.06 bits per heavy atom. The molecule has 2 heterocycles. The third-order valence-corrected chi connectivity index (χ3v) is 5.51. The summed E-state index contributed by atoms with van der Waals surface area (Å²) in [4.78, 5) is 29.1. The molecule has 0 fully saturated rings. The number of esters is 1. The first-order valence-electron chi connectivity index (χ1n) is 10.4. The standard InChI is InChI=1S/C25H20Cl2N4O3/c1-3-34-25(33)20-13-22(31(30-20)21-10-5-4-7-15(21)2)16-8-6-9-18(11-16)29-24(32)19-12-17(26)14-28-23(19)27/h4-14H,3H2,1-2H3,(H,29,32). The highest BCUT2D eigenvalue weighted by Gasteiger charge is 2.19. The fraction of sp³-hybridized carbons (Fsp3) is 0.120. The van der Waals surface area contributed by atoms with Gasteiger partial charge in [-0.05, 0) is 49.7 Å². The van der Waals surface area contributed by atoms with Gasteiger partial charge in [0.25, 0.3) is 5.91 Å². The number of benzene rings is 2. The number of aryl methyl sites for hydroxylation is 1. The van der Waals surface area contributed by atoms with Gasteiger partial charge in [0.1, 0.15) is 5.15 Å². The summed E-state index contributed by atoms with van der Waals surface area (Å²) >= 11 is 12.0. The Hall–Kier alpha value is -3.68. The number of para-hydroxylation sites is 1. The second kappa shape index (κ2) is 10.1. The van der Waals surface area contributed by atoms with E-state index in [1.807, 2.05) is 37.3 Å². The van der Waals surface area contributed by atoms with Gasteiger partial charge in [-0.25, -0.2) is 14.5 Å². The van der Waals surface area contributed by atoms with E-state index in [1.165, 1.54) is 12.3 Å². The number of hydrogen-bond donors (Lipinski definition) is 1. The SMILES string of the molecule is CCOC(=O)c1cc(-c2cccc(NC(=O)c3cc(Cl)cnc3Cl)c2)n(-c2ccccc2C)n1. The van der Waals surface area contributed by atoms with Crippen LogP contribution < -0.4 is 5.32 Å². The average Bonchev–Trinajstić information content (AvgIpc) is 3.27. The topological polar surface area (TPSA) is 86.1 Å². The van der Waals surface area contributed by atoms with E-state index in [0.29, 0.717) is 16.4 Å². The molecule has 2 aromatic heterocycles. The summed E-state index contributed by atoms with van der Waals surface area (Å²) in [5.41, 5.74) is 4.07. The number of hydrogen-bond acceptors (Lipinski definition) is 5. The van der Waals surface area contributed by atoms with Crippen LogP contribution in [-0.2, 0) is 4.74 Å². The van der Waals surface area contributed by atoms with Gasteiger partial charge in [0, 0.05) is 17.4 Å². The summed E-state index contributed by atoms with van der Waals surface area (Å²) < 4.78 is 6.84. The van der Waals surface area contributed by atoms with Crippen LogP contribution in [0.2, 0.25) is 10.2 Å². The van der Waals surface area contributed by atoms with Gasteiger partial charge < -0.3 is 10.1 Å². The predicted molar refractivity (Wildman–Crippen MR) is 132 cm³/mol. The third kappa shape index (κ3) is 4.95. The number of ether oxygens (including phenoxy) is 1. The second-order valence-electron chi connectivity index (χ2n) is 7.36. The summed E-state index contributed by atoms with van der Waals surface area (Å²) in [6.45, 7) is 3.95. The second-order valence-corrected chi connectivity index (χ2v) is 8.15. The molecule has 2 aromatic carbocycles. The number of amides is 1. The van der Waals surface area contributed by atoms with Crippen LogP contribution in [0.25, 0.3) is 16.9 Å². The van der Waals surface area contributed by atoms with Gasteiger partial charge in [-0.2, -0.15) is 5.10 Å². The molecule has 0 aliphatic rings. The lowest BCUT2D eigenvalue weighted by Gasteiger charge is -2.12. The van der Waals surface area contributed by atoms with E-state index in [0.717, 1.165) is 16.8 Å². The largest absolute Gasteiger partial charge is 0.461 e. The van der Waals surface area contributed by atoms with Crippen molar-refractivity contribution in [2.45, 2.75) is 13.8 Å². The quantitative estimate of drug-likeness (QED) is 0.263. The maximum Gasteiger partial charge on any atom is 0.358 e. The van der Waals surface area contributed by atoms with Crippen molar-refractivity contribution in [1.82, 2.24) is 14.8 Å². The maximum absolute atomic E-state index is 12.8. The molecule has 4 rings (SSSR count). The molecule has 1 amide bonds.